The molecule has 0 fully saturated rings. The molecule has 1 aromatic rings. The van der Waals surface area contributed by atoms with Crippen molar-refractivity contribution in [3.8, 4) is 0 Å². The van der Waals surface area contributed by atoms with Crippen LogP contribution in [0.15, 0.2) is 28.7 Å². The molecule has 1 atom stereocenters. The van der Waals surface area contributed by atoms with Crippen molar-refractivity contribution in [1.29, 1.82) is 0 Å². The largest absolute Gasteiger partial charge is 0.311 e. The van der Waals surface area contributed by atoms with Gasteiger partial charge in [-0.1, -0.05) is 41.1 Å². The highest BCUT2D eigenvalue weighted by atomic mass is 79.9. The highest BCUT2D eigenvalue weighted by Crippen LogP contribution is 2.15. The number of hydrogen-bond donors (Lipinski definition) is 1. The zero-order valence-corrected chi connectivity index (χ0v) is 10.6. The van der Waals surface area contributed by atoms with Crippen molar-refractivity contribution in [1.82, 2.24) is 5.32 Å². The molecule has 1 unspecified atom stereocenters. The molecular weight excluding hydrogens is 261 g/mol. The summed E-state index contributed by atoms with van der Waals surface area (Å²) < 4.78 is 1.15. The van der Waals surface area contributed by atoms with E-state index in [0.29, 0.717) is 0 Å². The molecule has 0 heterocycles. The second-order valence-electron chi connectivity index (χ2n) is 3.23. The van der Waals surface area contributed by atoms with E-state index in [1.54, 1.807) is 0 Å². The average Bonchev–Trinajstić information content (AvgIpc) is 2.20. The fourth-order valence-electron chi connectivity index (χ4n) is 1.15. The third kappa shape index (κ3) is 3.99. The Morgan fingerprint density at radius 1 is 1.43 bits per heavy atom. The van der Waals surface area contributed by atoms with Crippen LogP contribution in [0.25, 0.3) is 0 Å². The summed E-state index contributed by atoms with van der Waals surface area (Å²) in [6.07, 6.45) is 1.00. The third-order valence-corrected chi connectivity index (χ3v) is 3.32. The quantitative estimate of drug-likeness (QED) is 0.811. The first kappa shape index (κ1) is 12.0. The van der Waals surface area contributed by atoms with Gasteiger partial charge in [0.1, 0.15) is 0 Å². The maximum absolute atomic E-state index is 6.00. The van der Waals surface area contributed by atoms with Crippen LogP contribution < -0.4 is 5.32 Å². The van der Waals surface area contributed by atoms with E-state index in [2.05, 4.69) is 40.3 Å². The van der Waals surface area contributed by atoms with Gasteiger partial charge in [0.05, 0.1) is 0 Å². The summed E-state index contributed by atoms with van der Waals surface area (Å²) in [5, 5.41) is 3.57. The van der Waals surface area contributed by atoms with Crippen molar-refractivity contribution >= 4 is 27.5 Å². The number of alkyl halides is 1. The van der Waals surface area contributed by atoms with Crippen molar-refractivity contribution in [3.63, 3.8) is 0 Å². The average molecular weight is 277 g/mol. The van der Waals surface area contributed by atoms with Crippen LogP contribution in [-0.2, 0) is 6.54 Å². The molecule has 0 aromatic heterocycles. The van der Waals surface area contributed by atoms with E-state index in [4.69, 9.17) is 11.6 Å². The van der Waals surface area contributed by atoms with Gasteiger partial charge in [-0.25, -0.2) is 0 Å². The second kappa shape index (κ2) is 6.44. The summed E-state index contributed by atoms with van der Waals surface area (Å²) in [4.78, 5) is 0. The second-order valence-corrected chi connectivity index (χ2v) is 4.70. The highest BCUT2D eigenvalue weighted by molar-refractivity contribution is 9.10. The van der Waals surface area contributed by atoms with Crippen LogP contribution in [0.3, 0.4) is 0 Å². The number of nitrogens with one attached hydrogen (secondary N) is 1. The first-order valence-electron chi connectivity index (χ1n) is 4.82. The standard InChI is InChI=1S/C11H15BrClN/c1-2-10(13)8-14-7-9-5-3-4-6-11(9)12/h3-6,10,14H,2,7-8H2,1H3. The topological polar surface area (TPSA) is 12.0 Å². The maximum atomic E-state index is 6.00. The molecule has 0 saturated carbocycles. The SMILES string of the molecule is CCC(Cl)CNCc1ccccc1Br. The normalized spacial score (nSPS) is 12.8. The molecule has 0 amide bonds. The summed E-state index contributed by atoms with van der Waals surface area (Å²) >= 11 is 9.50. The first-order chi connectivity index (χ1) is 6.74. The van der Waals surface area contributed by atoms with E-state index < -0.39 is 0 Å². The molecule has 1 rings (SSSR count). The van der Waals surface area contributed by atoms with Crippen LogP contribution in [0.1, 0.15) is 18.9 Å². The molecule has 0 aliphatic heterocycles. The van der Waals surface area contributed by atoms with Crippen LogP contribution in [0.4, 0.5) is 0 Å². The Morgan fingerprint density at radius 3 is 2.79 bits per heavy atom. The molecule has 0 aliphatic rings. The van der Waals surface area contributed by atoms with E-state index in [-0.39, 0.29) is 5.38 Å². The Morgan fingerprint density at radius 2 is 2.14 bits per heavy atom. The van der Waals surface area contributed by atoms with Crippen molar-refractivity contribution < 1.29 is 0 Å². The zero-order valence-electron chi connectivity index (χ0n) is 8.26. The molecule has 1 aromatic carbocycles. The lowest BCUT2D eigenvalue weighted by atomic mass is 10.2. The van der Waals surface area contributed by atoms with Gasteiger partial charge in [-0.05, 0) is 18.1 Å². The Balaban J connectivity index is 2.35. The van der Waals surface area contributed by atoms with Gasteiger partial charge in [0, 0.05) is 22.9 Å². The molecule has 14 heavy (non-hydrogen) atoms. The van der Waals surface area contributed by atoms with Crippen molar-refractivity contribution in [3.05, 3.63) is 34.3 Å². The molecule has 0 spiro atoms. The summed E-state index contributed by atoms with van der Waals surface area (Å²) in [6, 6.07) is 8.21. The Labute approximate surface area is 99.0 Å². The van der Waals surface area contributed by atoms with E-state index in [1.807, 2.05) is 12.1 Å². The maximum Gasteiger partial charge on any atom is 0.0458 e. The van der Waals surface area contributed by atoms with Gasteiger partial charge in [0.15, 0.2) is 0 Å². The molecule has 0 radical (unpaired) electrons. The number of hydrogen-bond acceptors (Lipinski definition) is 1. The number of halogens is 2. The van der Waals surface area contributed by atoms with Gasteiger partial charge in [-0.15, -0.1) is 11.6 Å². The van der Waals surface area contributed by atoms with Crippen LogP contribution in [0.2, 0.25) is 0 Å². The lowest BCUT2D eigenvalue weighted by Crippen LogP contribution is -2.22. The highest BCUT2D eigenvalue weighted by Gasteiger charge is 2.01. The van der Waals surface area contributed by atoms with Crippen LogP contribution >= 0.6 is 27.5 Å². The predicted octanol–water partition coefficient (Wildman–Crippen LogP) is 3.56. The number of rotatable bonds is 5. The molecule has 0 bridgehead atoms. The van der Waals surface area contributed by atoms with E-state index >= 15 is 0 Å². The molecule has 0 aliphatic carbocycles. The summed E-state index contributed by atoms with van der Waals surface area (Å²) in [5.74, 6) is 0. The van der Waals surface area contributed by atoms with E-state index in [1.165, 1.54) is 5.56 Å². The van der Waals surface area contributed by atoms with Gasteiger partial charge in [0.25, 0.3) is 0 Å². The zero-order chi connectivity index (χ0) is 10.4. The molecule has 1 N–H and O–H groups in total. The minimum atomic E-state index is 0.234. The monoisotopic (exact) mass is 275 g/mol. The van der Waals surface area contributed by atoms with Crippen molar-refractivity contribution in [2.75, 3.05) is 6.54 Å². The third-order valence-electron chi connectivity index (χ3n) is 2.08. The Hall–Kier alpha value is -0.0500. The molecule has 0 saturated heterocycles. The predicted molar refractivity (Wildman–Crippen MR) is 65.8 cm³/mol. The van der Waals surface area contributed by atoms with Gasteiger partial charge in [-0.2, -0.15) is 0 Å². The lowest BCUT2D eigenvalue weighted by molar-refractivity contribution is 0.646. The van der Waals surface area contributed by atoms with Crippen molar-refractivity contribution in [2.45, 2.75) is 25.3 Å². The summed E-state index contributed by atoms with van der Waals surface area (Å²) in [5.41, 5.74) is 1.27. The summed E-state index contributed by atoms with van der Waals surface area (Å²) in [6.45, 7) is 3.82. The minimum Gasteiger partial charge on any atom is -0.311 e. The first-order valence-corrected chi connectivity index (χ1v) is 6.05. The molecular formula is C11H15BrClN. The van der Waals surface area contributed by atoms with Crippen LogP contribution in [-0.4, -0.2) is 11.9 Å². The van der Waals surface area contributed by atoms with Gasteiger partial charge in [-0.3, -0.25) is 0 Å². The fourth-order valence-corrected chi connectivity index (χ4v) is 1.68. The van der Waals surface area contributed by atoms with Crippen LogP contribution in [0, 0.1) is 0 Å². The molecule has 3 heteroatoms. The Bertz CT molecular complexity index is 278. The Kier molecular flexibility index (Phi) is 5.53. The van der Waals surface area contributed by atoms with E-state index in [9.17, 15) is 0 Å². The van der Waals surface area contributed by atoms with Crippen LogP contribution in [0.5, 0.6) is 0 Å². The van der Waals surface area contributed by atoms with Gasteiger partial charge in [0.2, 0.25) is 0 Å². The lowest BCUT2D eigenvalue weighted by Gasteiger charge is -2.09. The van der Waals surface area contributed by atoms with E-state index in [0.717, 1.165) is 24.0 Å². The minimum absolute atomic E-state index is 0.234. The molecule has 78 valence electrons. The fraction of sp³-hybridized carbons (Fsp3) is 0.455. The smallest absolute Gasteiger partial charge is 0.0458 e. The molecule has 1 nitrogen and oxygen atoms in total. The van der Waals surface area contributed by atoms with Gasteiger partial charge >= 0.3 is 0 Å². The van der Waals surface area contributed by atoms with Crippen molar-refractivity contribution in [2.24, 2.45) is 0 Å². The van der Waals surface area contributed by atoms with Gasteiger partial charge < -0.3 is 5.32 Å². The number of benzene rings is 1. The summed E-state index contributed by atoms with van der Waals surface area (Å²) in [7, 11) is 0.